The quantitative estimate of drug-likeness (QED) is 0.160. The van der Waals surface area contributed by atoms with Gasteiger partial charge in [-0.1, -0.05) is 158 Å². The third kappa shape index (κ3) is 6.51. The maximum Gasteiger partial charge on any atom is 0.164 e. The van der Waals surface area contributed by atoms with E-state index in [2.05, 4.69) is 161 Å². The molecule has 5 heterocycles. The van der Waals surface area contributed by atoms with Crippen LogP contribution >= 0.6 is 11.3 Å². The first kappa shape index (κ1) is 40.9. The Kier molecular flexibility index (Phi) is 9.34. The molecular formula is C64H41N5OS. The summed E-state index contributed by atoms with van der Waals surface area (Å²) in [6.45, 7) is 6.54. The number of thiophene rings is 1. The Morgan fingerprint density at radius 3 is 1.80 bits per heavy atom. The van der Waals surface area contributed by atoms with Crippen molar-refractivity contribution in [2.75, 3.05) is 0 Å². The van der Waals surface area contributed by atoms with Gasteiger partial charge in [-0.05, 0) is 84.8 Å². The van der Waals surface area contributed by atoms with Crippen molar-refractivity contribution in [3.63, 3.8) is 0 Å². The number of furan rings is 1. The molecule has 0 fully saturated rings. The molecule has 5 aromatic heterocycles. The molecule has 71 heavy (non-hydrogen) atoms. The highest BCUT2D eigenvalue weighted by Crippen LogP contribution is 2.46. The molecule has 0 radical (unpaired) electrons. The van der Waals surface area contributed by atoms with E-state index in [1.165, 1.54) is 63.9 Å². The lowest BCUT2D eigenvalue weighted by Gasteiger charge is -2.09. The molecule has 0 atom stereocenters. The fourth-order valence-corrected chi connectivity index (χ4v) is 12.0. The Balaban J connectivity index is 0.913. The van der Waals surface area contributed by atoms with Gasteiger partial charge >= 0.3 is 0 Å². The highest BCUT2D eigenvalue weighted by atomic mass is 32.1. The molecule has 14 aromatic rings. The van der Waals surface area contributed by atoms with Gasteiger partial charge in [-0.25, -0.2) is 15.0 Å². The second kappa shape index (κ2) is 16.2. The number of fused-ring (bicyclic) bond motifs is 11. The van der Waals surface area contributed by atoms with Crippen molar-refractivity contribution in [1.82, 2.24) is 24.1 Å². The van der Waals surface area contributed by atoms with Crippen LogP contribution in [0.4, 0.5) is 0 Å². The summed E-state index contributed by atoms with van der Waals surface area (Å²) in [5.41, 5.74) is 13.3. The van der Waals surface area contributed by atoms with Crippen LogP contribution in [-0.4, -0.2) is 24.1 Å². The standard InChI is InChI=1S/C64H41N5OS/c1-3-57-52(36-39(2)62-65-63(40-18-7-4-8-19-40)67-64(66-62)41-20-9-5-10-21-41)53-38-44(31-35-58(53)70-57)68-54-28-15-14-25-47(54)51-37-42(30-34-56(51)68)45-26-17-27-49-50-33-32-48-46-24-13-16-29-55(46)69(43-22-11-6-12-23-43)59(48)61(50)71-60(45)49/h3-38H,2H2,1H3/b52-36-,57-3+. The SMILES string of the molecule is C=C(/C=c1\c(=C/C)oc2ccc(-n3c4ccccc4c4cc(-c5cccc6c5sc5c6ccc6c7ccccc7n(-c7ccccc7)c65)ccc43)cc12)c1nc(-c2ccccc2)nc(-c2ccccc2)n1. The van der Waals surface area contributed by atoms with Crippen molar-refractivity contribution in [2.24, 2.45) is 0 Å². The zero-order chi connectivity index (χ0) is 47.2. The lowest BCUT2D eigenvalue weighted by molar-refractivity contribution is 0.575. The van der Waals surface area contributed by atoms with Crippen LogP contribution in [0, 0.1) is 0 Å². The van der Waals surface area contributed by atoms with E-state index in [1.807, 2.05) is 91.1 Å². The summed E-state index contributed by atoms with van der Waals surface area (Å²) in [5, 5.41) is 9.34. The van der Waals surface area contributed by atoms with Crippen LogP contribution < -0.4 is 10.6 Å². The summed E-state index contributed by atoms with van der Waals surface area (Å²) in [5.74, 6) is 1.68. The molecule has 0 saturated carbocycles. The van der Waals surface area contributed by atoms with Gasteiger partial charge in [-0.15, -0.1) is 11.3 Å². The number of aromatic nitrogens is 5. The number of hydrogen-bond acceptors (Lipinski definition) is 5. The fourth-order valence-electron chi connectivity index (χ4n) is 10.6. The van der Waals surface area contributed by atoms with Crippen LogP contribution in [0.1, 0.15) is 12.7 Å². The van der Waals surface area contributed by atoms with Crippen LogP contribution in [0.3, 0.4) is 0 Å². The van der Waals surface area contributed by atoms with Gasteiger partial charge in [-0.2, -0.15) is 0 Å². The first-order valence-corrected chi connectivity index (χ1v) is 24.6. The predicted molar refractivity (Wildman–Crippen MR) is 297 cm³/mol. The summed E-state index contributed by atoms with van der Waals surface area (Å²) in [6, 6.07) is 73.1. The summed E-state index contributed by atoms with van der Waals surface area (Å²) < 4.78 is 13.9. The molecule has 0 aliphatic carbocycles. The number of benzene rings is 9. The maximum atomic E-state index is 6.52. The van der Waals surface area contributed by atoms with E-state index >= 15 is 0 Å². The molecule has 9 aromatic carbocycles. The van der Waals surface area contributed by atoms with Gasteiger partial charge in [-0.3, -0.25) is 0 Å². The van der Waals surface area contributed by atoms with Gasteiger partial charge < -0.3 is 13.6 Å². The minimum atomic E-state index is 0.499. The Morgan fingerprint density at radius 2 is 1.08 bits per heavy atom. The summed E-state index contributed by atoms with van der Waals surface area (Å²) >= 11 is 1.90. The van der Waals surface area contributed by atoms with E-state index in [4.69, 9.17) is 19.4 Å². The first-order chi connectivity index (χ1) is 35.1. The van der Waals surface area contributed by atoms with Crippen molar-refractivity contribution >= 4 is 104 Å². The molecule has 334 valence electrons. The van der Waals surface area contributed by atoms with E-state index in [0.29, 0.717) is 23.0 Å². The van der Waals surface area contributed by atoms with E-state index in [1.54, 1.807) is 0 Å². The average molecular weight is 928 g/mol. The molecule has 0 spiro atoms. The molecule has 0 amide bonds. The van der Waals surface area contributed by atoms with Crippen LogP contribution in [0.15, 0.2) is 217 Å². The van der Waals surface area contributed by atoms with Crippen LogP contribution in [0.5, 0.6) is 0 Å². The Hall–Kier alpha value is -9.17. The van der Waals surface area contributed by atoms with Crippen molar-refractivity contribution in [2.45, 2.75) is 6.92 Å². The number of nitrogens with zero attached hydrogens (tertiary/aromatic N) is 5. The highest BCUT2D eigenvalue weighted by molar-refractivity contribution is 7.27. The van der Waals surface area contributed by atoms with Crippen LogP contribution in [0.2, 0.25) is 0 Å². The largest absolute Gasteiger partial charge is 0.456 e. The summed E-state index contributed by atoms with van der Waals surface area (Å²) in [7, 11) is 0. The summed E-state index contributed by atoms with van der Waals surface area (Å²) in [4.78, 5) is 14.8. The molecule has 0 saturated heterocycles. The molecule has 0 N–H and O–H groups in total. The minimum Gasteiger partial charge on any atom is -0.456 e. The Labute approximate surface area is 411 Å². The molecule has 6 nitrogen and oxygen atoms in total. The van der Waals surface area contributed by atoms with Gasteiger partial charge in [0.05, 0.1) is 26.8 Å². The minimum absolute atomic E-state index is 0.499. The first-order valence-electron chi connectivity index (χ1n) is 23.8. The summed E-state index contributed by atoms with van der Waals surface area (Å²) in [6.07, 6.45) is 4.05. The molecule has 7 heteroatoms. The van der Waals surface area contributed by atoms with Crippen LogP contribution in [-0.2, 0) is 0 Å². The Bertz CT molecular complexity index is 4540. The molecule has 0 unspecified atom stereocenters. The molecule has 14 rings (SSSR count). The lowest BCUT2D eigenvalue weighted by Crippen LogP contribution is -2.20. The van der Waals surface area contributed by atoms with Crippen LogP contribution in [0.25, 0.3) is 138 Å². The van der Waals surface area contributed by atoms with E-state index < -0.39 is 0 Å². The number of para-hydroxylation sites is 3. The third-order valence-electron chi connectivity index (χ3n) is 13.9. The van der Waals surface area contributed by atoms with Crippen molar-refractivity contribution in [3.8, 4) is 45.3 Å². The van der Waals surface area contributed by atoms with E-state index in [0.717, 1.165) is 55.1 Å². The Morgan fingerprint density at radius 1 is 0.479 bits per heavy atom. The topological polar surface area (TPSA) is 61.7 Å². The highest BCUT2D eigenvalue weighted by Gasteiger charge is 2.21. The lowest BCUT2D eigenvalue weighted by atomic mass is 10.0. The van der Waals surface area contributed by atoms with Gasteiger partial charge in [0.2, 0.25) is 0 Å². The van der Waals surface area contributed by atoms with Crippen molar-refractivity contribution in [1.29, 1.82) is 0 Å². The molecule has 0 bridgehead atoms. The second-order valence-electron chi connectivity index (χ2n) is 18.0. The van der Waals surface area contributed by atoms with E-state index in [-0.39, 0.29) is 0 Å². The predicted octanol–water partition coefficient (Wildman–Crippen LogP) is 15.5. The maximum absolute atomic E-state index is 6.52. The zero-order valence-electron chi connectivity index (χ0n) is 38.5. The monoisotopic (exact) mass is 927 g/mol. The van der Waals surface area contributed by atoms with Crippen molar-refractivity contribution in [3.05, 3.63) is 229 Å². The van der Waals surface area contributed by atoms with Gasteiger partial charge in [0, 0.05) is 75.7 Å². The molecular weight excluding hydrogens is 887 g/mol. The normalized spacial score (nSPS) is 12.5. The van der Waals surface area contributed by atoms with Gasteiger partial charge in [0.15, 0.2) is 17.5 Å². The van der Waals surface area contributed by atoms with Gasteiger partial charge in [0.25, 0.3) is 0 Å². The van der Waals surface area contributed by atoms with Gasteiger partial charge in [0.1, 0.15) is 11.0 Å². The number of allylic oxidation sites excluding steroid dienone is 1. The average Bonchev–Trinajstić information content (AvgIpc) is 4.19. The third-order valence-corrected chi connectivity index (χ3v) is 15.1. The molecule has 0 aliphatic heterocycles. The smallest absolute Gasteiger partial charge is 0.164 e. The van der Waals surface area contributed by atoms with Crippen molar-refractivity contribution < 1.29 is 4.42 Å². The number of rotatable bonds is 7. The van der Waals surface area contributed by atoms with E-state index in [9.17, 15) is 0 Å². The fraction of sp³-hybridized carbons (Fsp3) is 0.0156. The zero-order valence-corrected chi connectivity index (χ0v) is 39.4. The second-order valence-corrected chi connectivity index (χ2v) is 19.0. The number of hydrogen-bond donors (Lipinski definition) is 0. The molecule has 0 aliphatic rings.